The van der Waals surface area contributed by atoms with Crippen molar-refractivity contribution in [2.75, 3.05) is 5.32 Å². The maximum Gasteiger partial charge on any atom is 0.227 e. The van der Waals surface area contributed by atoms with E-state index in [-0.39, 0.29) is 6.04 Å². The van der Waals surface area contributed by atoms with E-state index in [9.17, 15) is 5.11 Å². The van der Waals surface area contributed by atoms with Gasteiger partial charge in [-0.3, -0.25) is 0 Å². The number of rotatable bonds is 4. The minimum Gasteiger partial charge on any atom is -0.388 e. The number of nitrogens with one attached hydrogen (secondary N) is 1. The van der Waals surface area contributed by atoms with Crippen LogP contribution < -0.4 is 5.32 Å². The minimum atomic E-state index is -0.745. The molecule has 0 unspecified atom stereocenters. The van der Waals surface area contributed by atoms with Crippen LogP contribution in [0.2, 0.25) is 0 Å². The standard InChI is InChI=1S/C21H26N6O/c1-14-10-16(12-17(11-14)24-20-22-9-7-15(2)23-20)18-13-27(26-25-18)19-6-4-5-8-21(19,3)28/h7,9-13,19,28H,4-6,8H2,1-3H3,(H,22,23,24)/t19-,21-/m0/s1. The normalized spacial score (nSPS) is 22.2. The molecule has 0 amide bonds. The van der Waals surface area contributed by atoms with Gasteiger partial charge in [0.1, 0.15) is 5.69 Å². The molecule has 1 aliphatic carbocycles. The second-order valence-electron chi connectivity index (χ2n) is 7.94. The fourth-order valence-electron chi connectivity index (χ4n) is 3.92. The van der Waals surface area contributed by atoms with Crippen LogP contribution in [0.25, 0.3) is 11.3 Å². The largest absolute Gasteiger partial charge is 0.388 e. The average molecular weight is 378 g/mol. The SMILES string of the molecule is Cc1cc(Nc2nccc(C)n2)cc(-c2cn([C@H]3CCCC[C@]3(C)O)nn2)c1. The molecule has 3 aromatic rings. The topological polar surface area (TPSA) is 88.8 Å². The second kappa shape index (κ2) is 7.31. The zero-order valence-electron chi connectivity index (χ0n) is 16.6. The van der Waals surface area contributed by atoms with Gasteiger partial charge in [0.05, 0.1) is 17.8 Å². The van der Waals surface area contributed by atoms with Gasteiger partial charge >= 0.3 is 0 Å². The molecule has 1 saturated carbocycles. The Bertz CT molecular complexity index is 981. The summed E-state index contributed by atoms with van der Waals surface area (Å²) in [5.41, 5.74) is 3.93. The molecule has 2 atom stereocenters. The predicted molar refractivity (Wildman–Crippen MR) is 108 cm³/mol. The Morgan fingerprint density at radius 1 is 1.21 bits per heavy atom. The molecule has 1 aromatic carbocycles. The summed E-state index contributed by atoms with van der Waals surface area (Å²) in [6, 6.07) is 7.98. The van der Waals surface area contributed by atoms with Crippen LogP contribution >= 0.6 is 0 Å². The maximum atomic E-state index is 10.7. The number of hydrogen-bond donors (Lipinski definition) is 2. The number of aromatic nitrogens is 5. The molecule has 2 aromatic heterocycles. The zero-order valence-corrected chi connectivity index (χ0v) is 16.6. The molecule has 2 heterocycles. The van der Waals surface area contributed by atoms with E-state index in [1.807, 2.05) is 49.8 Å². The van der Waals surface area contributed by atoms with E-state index in [2.05, 4.69) is 31.7 Å². The van der Waals surface area contributed by atoms with Crippen LogP contribution in [-0.2, 0) is 0 Å². The summed E-state index contributed by atoms with van der Waals surface area (Å²) in [6.07, 6.45) is 7.54. The average Bonchev–Trinajstić information content (AvgIpc) is 3.10. The van der Waals surface area contributed by atoms with Gasteiger partial charge in [0.25, 0.3) is 0 Å². The van der Waals surface area contributed by atoms with Gasteiger partial charge in [0.2, 0.25) is 5.95 Å². The lowest BCUT2D eigenvalue weighted by molar-refractivity contribution is -0.0298. The minimum absolute atomic E-state index is 0.0365. The van der Waals surface area contributed by atoms with Crippen LogP contribution in [0.15, 0.2) is 36.7 Å². The molecule has 7 nitrogen and oxygen atoms in total. The Kier molecular flexibility index (Phi) is 4.85. The van der Waals surface area contributed by atoms with Crippen LogP contribution in [0, 0.1) is 13.8 Å². The van der Waals surface area contributed by atoms with Gasteiger partial charge in [-0.2, -0.15) is 0 Å². The Morgan fingerprint density at radius 2 is 2.07 bits per heavy atom. The summed E-state index contributed by atoms with van der Waals surface area (Å²) in [7, 11) is 0. The van der Waals surface area contributed by atoms with E-state index in [1.165, 1.54) is 0 Å². The number of aliphatic hydroxyl groups is 1. The first-order valence-electron chi connectivity index (χ1n) is 9.74. The summed E-state index contributed by atoms with van der Waals surface area (Å²) < 4.78 is 1.83. The molecule has 7 heteroatoms. The predicted octanol–water partition coefficient (Wildman–Crippen LogP) is 3.96. The van der Waals surface area contributed by atoms with Crippen LogP contribution in [0.4, 0.5) is 11.6 Å². The molecule has 0 aliphatic heterocycles. The number of hydrogen-bond acceptors (Lipinski definition) is 6. The second-order valence-corrected chi connectivity index (χ2v) is 7.94. The highest BCUT2D eigenvalue weighted by atomic mass is 16.3. The first-order valence-corrected chi connectivity index (χ1v) is 9.74. The molecule has 1 aliphatic rings. The van der Waals surface area contributed by atoms with E-state index < -0.39 is 5.60 Å². The highest BCUT2D eigenvalue weighted by Crippen LogP contribution is 2.37. The van der Waals surface area contributed by atoms with Crippen molar-refractivity contribution in [2.45, 2.75) is 58.1 Å². The summed E-state index contributed by atoms with van der Waals surface area (Å²) >= 11 is 0. The molecule has 1 fully saturated rings. The third kappa shape index (κ3) is 3.89. The van der Waals surface area contributed by atoms with Crippen molar-refractivity contribution in [3.05, 3.63) is 47.9 Å². The smallest absolute Gasteiger partial charge is 0.227 e. The van der Waals surface area contributed by atoms with Crippen LogP contribution in [0.5, 0.6) is 0 Å². The molecule has 0 radical (unpaired) electrons. The molecule has 28 heavy (non-hydrogen) atoms. The van der Waals surface area contributed by atoms with Crippen molar-refractivity contribution in [2.24, 2.45) is 0 Å². The highest BCUT2D eigenvalue weighted by Gasteiger charge is 2.36. The monoisotopic (exact) mass is 378 g/mol. The Balaban J connectivity index is 1.61. The van der Waals surface area contributed by atoms with E-state index in [4.69, 9.17) is 0 Å². The third-order valence-corrected chi connectivity index (χ3v) is 5.38. The molecule has 2 N–H and O–H groups in total. The van der Waals surface area contributed by atoms with Gasteiger partial charge in [0.15, 0.2) is 0 Å². The molecule has 0 saturated heterocycles. The van der Waals surface area contributed by atoms with Gasteiger partial charge in [-0.25, -0.2) is 14.6 Å². The van der Waals surface area contributed by atoms with Gasteiger partial charge in [0, 0.05) is 23.1 Å². The molecule has 0 bridgehead atoms. The Labute approximate surface area is 164 Å². The molecule has 4 rings (SSSR count). The van der Waals surface area contributed by atoms with E-state index in [0.717, 1.165) is 53.9 Å². The molecule has 0 spiro atoms. The van der Waals surface area contributed by atoms with Crippen LogP contribution in [0.3, 0.4) is 0 Å². The zero-order chi connectivity index (χ0) is 19.7. The van der Waals surface area contributed by atoms with Gasteiger partial charge < -0.3 is 10.4 Å². The lowest BCUT2D eigenvalue weighted by Crippen LogP contribution is -2.39. The van der Waals surface area contributed by atoms with Gasteiger partial charge in [-0.05, 0) is 63.4 Å². The van der Waals surface area contributed by atoms with Crippen molar-refractivity contribution in [1.82, 2.24) is 25.0 Å². The first-order chi connectivity index (χ1) is 13.4. The third-order valence-electron chi connectivity index (χ3n) is 5.38. The van der Waals surface area contributed by atoms with E-state index >= 15 is 0 Å². The van der Waals surface area contributed by atoms with E-state index in [0.29, 0.717) is 5.95 Å². The van der Waals surface area contributed by atoms with Crippen LogP contribution in [0.1, 0.15) is 49.9 Å². The van der Waals surface area contributed by atoms with E-state index in [1.54, 1.807) is 6.20 Å². The number of benzene rings is 1. The maximum absolute atomic E-state index is 10.7. The fourth-order valence-corrected chi connectivity index (χ4v) is 3.92. The summed E-state index contributed by atoms with van der Waals surface area (Å²) in [5, 5.41) is 22.7. The van der Waals surface area contributed by atoms with Crippen molar-refractivity contribution in [3.8, 4) is 11.3 Å². The Morgan fingerprint density at radius 3 is 2.86 bits per heavy atom. The highest BCUT2D eigenvalue weighted by molar-refractivity contribution is 5.68. The quantitative estimate of drug-likeness (QED) is 0.714. The first kappa shape index (κ1) is 18.6. The summed E-state index contributed by atoms with van der Waals surface area (Å²) in [5.74, 6) is 0.568. The molecular weight excluding hydrogens is 352 g/mol. The number of nitrogens with zero attached hydrogens (tertiary/aromatic N) is 5. The van der Waals surface area contributed by atoms with Crippen molar-refractivity contribution >= 4 is 11.6 Å². The lowest BCUT2D eigenvalue weighted by Gasteiger charge is -2.36. The van der Waals surface area contributed by atoms with Crippen LogP contribution in [-0.4, -0.2) is 35.7 Å². The lowest BCUT2D eigenvalue weighted by atomic mass is 9.82. The van der Waals surface area contributed by atoms with Crippen molar-refractivity contribution in [3.63, 3.8) is 0 Å². The summed E-state index contributed by atoms with van der Waals surface area (Å²) in [4.78, 5) is 8.67. The van der Waals surface area contributed by atoms with Gasteiger partial charge in [-0.1, -0.05) is 18.1 Å². The Hall–Kier alpha value is -2.80. The number of aryl methyl sites for hydroxylation is 2. The van der Waals surface area contributed by atoms with Gasteiger partial charge in [-0.15, -0.1) is 5.10 Å². The molecule has 146 valence electrons. The van der Waals surface area contributed by atoms with Crippen molar-refractivity contribution < 1.29 is 5.11 Å². The summed E-state index contributed by atoms with van der Waals surface area (Å²) in [6.45, 7) is 5.88. The van der Waals surface area contributed by atoms with Crippen molar-refractivity contribution in [1.29, 1.82) is 0 Å². The fraction of sp³-hybridized carbons (Fsp3) is 0.429. The number of anilines is 2. The molecular formula is C21H26N6O.